The second-order valence-corrected chi connectivity index (χ2v) is 4.64. The number of amides is 1. The van der Waals surface area contributed by atoms with E-state index in [1.165, 1.54) is 0 Å². The third-order valence-corrected chi connectivity index (χ3v) is 3.53. The molecule has 1 amide bonds. The summed E-state index contributed by atoms with van der Waals surface area (Å²) >= 11 is 4.97. The lowest BCUT2D eigenvalue weighted by atomic mass is 10.1. The molecule has 84 valence electrons. The zero-order valence-corrected chi connectivity index (χ0v) is 9.52. The zero-order chi connectivity index (χ0) is 10.9. The monoisotopic (exact) mass is 228 g/mol. The Kier molecular flexibility index (Phi) is 2.93. The second-order valence-electron chi connectivity index (χ2n) is 4.20. The predicted molar refractivity (Wildman–Crippen MR) is 60.5 cm³/mol. The van der Waals surface area contributed by atoms with Crippen LogP contribution in [0.15, 0.2) is 0 Å². The summed E-state index contributed by atoms with van der Waals surface area (Å²) in [6.07, 6.45) is 2.54. The molecule has 0 unspecified atom stereocenters. The molecule has 0 radical (unpaired) electrons. The first-order valence-electron chi connectivity index (χ1n) is 5.34. The number of ether oxygens (including phenoxy) is 1. The van der Waals surface area contributed by atoms with Gasteiger partial charge in [-0.15, -0.1) is 0 Å². The fourth-order valence-electron chi connectivity index (χ4n) is 1.94. The van der Waals surface area contributed by atoms with Gasteiger partial charge in [0.1, 0.15) is 0 Å². The van der Waals surface area contributed by atoms with Gasteiger partial charge in [0.25, 0.3) is 0 Å². The number of rotatable bonds is 2. The van der Waals surface area contributed by atoms with Gasteiger partial charge in [-0.05, 0) is 19.3 Å². The van der Waals surface area contributed by atoms with E-state index in [-0.39, 0.29) is 5.91 Å². The molecule has 2 fully saturated rings. The van der Waals surface area contributed by atoms with E-state index in [4.69, 9.17) is 22.7 Å². The van der Waals surface area contributed by atoms with Crippen LogP contribution in [0.5, 0.6) is 0 Å². The van der Waals surface area contributed by atoms with Crippen LogP contribution in [-0.2, 0) is 9.53 Å². The van der Waals surface area contributed by atoms with Crippen molar-refractivity contribution in [2.45, 2.75) is 19.3 Å². The third kappa shape index (κ3) is 1.99. The van der Waals surface area contributed by atoms with Gasteiger partial charge in [-0.3, -0.25) is 4.79 Å². The summed E-state index contributed by atoms with van der Waals surface area (Å²) in [5.74, 6) is 0.112. The summed E-state index contributed by atoms with van der Waals surface area (Å²) in [6, 6.07) is 0. The number of nitrogens with zero attached hydrogens (tertiary/aromatic N) is 1. The lowest BCUT2D eigenvalue weighted by Gasteiger charge is -2.24. The normalized spacial score (nSPS) is 24.4. The number of carbonyl (C=O) groups is 1. The van der Waals surface area contributed by atoms with Gasteiger partial charge in [0, 0.05) is 19.7 Å². The molecule has 0 atom stereocenters. The molecule has 1 aliphatic carbocycles. The summed E-state index contributed by atoms with van der Waals surface area (Å²) in [5, 5.41) is 0. The molecule has 1 aliphatic heterocycles. The van der Waals surface area contributed by atoms with Gasteiger partial charge in [-0.1, -0.05) is 12.2 Å². The molecule has 0 aromatic heterocycles. The number of hydrogen-bond acceptors (Lipinski definition) is 3. The highest BCUT2D eigenvalue weighted by Gasteiger charge is 2.54. The Labute approximate surface area is 94.7 Å². The van der Waals surface area contributed by atoms with Crippen LogP contribution >= 0.6 is 12.2 Å². The van der Waals surface area contributed by atoms with Crippen LogP contribution in [0.2, 0.25) is 0 Å². The van der Waals surface area contributed by atoms with Crippen molar-refractivity contribution in [3.8, 4) is 0 Å². The fraction of sp³-hybridized carbons (Fsp3) is 0.800. The molecule has 0 bridgehead atoms. The van der Waals surface area contributed by atoms with E-state index in [1.54, 1.807) is 0 Å². The Morgan fingerprint density at radius 3 is 2.67 bits per heavy atom. The van der Waals surface area contributed by atoms with Gasteiger partial charge < -0.3 is 15.4 Å². The molecule has 2 rings (SSSR count). The van der Waals surface area contributed by atoms with E-state index in [0.29, 0.717) is 18.1 Å². The van der Waals surface area contributed by atoms with E-state index in [9.17, 15) is 4.79 Å². The Hall–Kier alpha value is -0.680. The Morgan fingerprint density at radius 1 is 1.33 bits per heavy atom. The van der Waals surface area contributed by atoms with Crippen LogP contribution in [0.3, 0.4) is 0 Å². The maximum atomic E-state index is 12.2. The van der Waals surface area contributed by atoms with Crippen molar-refractivity contribution in [2.75, 3.05) is 26.3 Å². The van der Waals surface area contributed by atoms with Crippen molar-refractivity contribution in [3.63, 3.8) is 0 Å². The lowest BCUT2D eigenvalue weighted by molar-refractivity contribution is -0.134. The number of nitrogens with two attached hydrogens (primary N) is 1. The molecule has 5 heteroatoms. The molecule has 0 aromatic rings. The SMILES string of the molecule is NC(=S)C1(C(=O)N2CCCOCC2)CC1. The van der Waals surface area contributed by atoms with E-state index < -0.39 is 5.41 Å². The maximum absolute atomic E-state index is 12.2. The van der Waals surface area contributed by atoms with Gasteiger partial charge in [-0.25, -0.2) is 0 Å². The average Bonchev–Trinajstić information content (AvgIpc) is 3.03. The van der Waals surface area contributed by atoms with Crippen molar-refractivity contribution in [3.05, 3.63) is 0 Å². The first-order chi connectivity index (χ1) is 7.17. The van der Waals surface area contributed by atoms with Crippen molar-refractivity contribution < 1.29 is 9.53 Å². The highest BCUT2D eigenvalue weighted by molar-refractivity contribution is 7.80. The van der Waals surface area contributed by atoms with E-state index in [1.807, 2.05) is 4.90 Å². The minimum absolute atomic E-state index is 0.112. The number of hydrogen-bond donors (Lipinski definition) is 1. The minimum Gasteiger partial charge on any atom is -0.392 e. The predicted octanol–water partition coefficient (Wildman–Crippen LogP) is 0.302. The Morgan fingerprint density at radius 2 is 2.07 bits per heavy atom. The molecular formula is C10H16N2O2S. The van der Waals surface area contributed by atoms with Gasteiger partial charge in [0.15, 0.2) is 0 Å². The summed E-state index contributed by atoms with van der Waals surface area (Å²) in [5.41, 5.74) is 5.13. The van der Waals surface area contributed by atoms with Crippen LogP contribution < -0.4 is 5.73 Å². The topological polar surface area (TPSA) is 55.6 Å². The van der Waals surface area contributed by atoms with Crippen molar-refractivity contribution >= 4 is 23.1 Å². The quantitative estimate of drug-likeness (QED) is 0.691. The van der Waals surface area contributed by atoms with Crippen LogP contribution in [0.4, 0.5) is 0 Å². The summed E-state index contributed by atoms with van der Waals surface area (Å²) in [4.78, 5) is 14.4. The highest BCUT2D eigenvalue weighted by Crippen LogP contribution is 2.47. The molecule has 1 saturated carbocycles. The van der Waals surface area contributed by atoms with E-state index in [2.05, 4.69) is 0 Å². The molecule has 15 heavy (non-hydrogen) atoms. The molecule has 2 N–H and O–H groups in total. The zero-order valence-electron chi connectivity index (χ0n) is 8.70. The maximum Gasteiger partial charge on any atom is 0.235 e. The number of carbonyl (C=O) groups excluding carboxylic acids is 1. The van der Waals surface area contributed by atoms with Crippen molar-refractivity contribution in [1.82, 2.24) is 4.90 Å². The van der Waals surface area contributed by atoms with Gasteiger partial charge in [0.2, 0.25) is 5.91 Å². The van der Waals surface area contributed by atoms with Crippen LogP contribution in [0.25, 0.3) is 0 Å². The average molecular weight is 228 g/mol. The summed E-state index contributed by atoms with van der Waals surface area (Å²) in [6.45, 7) is 2.80. The fourth-order valence-corrected chi connectivity index (χ4v) is 2.23. The molecule has 1 saturated heterocycles. The lowest BCUT2D eigenvalue weighted by Crippen LogP contribution is -2.43. The third-order valence-electron chi connectivity index (χ3n) is 3.14. The van der Waals surface area contributed by atoms with Crippen LogP contribution in [0.1, 0.15) is 19.3 Å². The molecule has 1 heterocycles. The first kappa shape index (κ1) is 10.8. The summed E-state index contributed by atoms with van der Waals surface area (Å²) < 4.78 is 5.31. The molecule has 4 nitrogen and oxygen atoms in total. The molecule has 0 aromatic carbocycles. The highest BCUT2D eigenvalue weighted by atomic mass is 32.1. The van der Waals surface area contributed by atoms with Crippen molar-refractivity contribution in [1.29, 1.82) is 0 Å². The molecule has 0 spiro atoms. The summed E-state index contributed by atoms with van der Waals surface area (Å²) in [7, 11) is 0. The van der Waals surface area contributed by atoms with Crippen LogP contribution in [0, 0.1) is 5.41 Å². The largest absolute Gasteiger partial charge is 0.392 e. The smallest absolute Gasteiger partial charge is 0.235 e. The number of thiocarbonyl (C=S) groups is 1. The Bertz CT molecular complexity index is 281. The van der Waals surface area contributed by atoms with Gasteiger partial charge in [0.05, 0.1) is 17.0 Å². The molecular weight excluding hydrogens is 212 g/mol. The van der Waals surface area contributed by atoms with Gasteiger partial charge in [-0.2, -0.15) is 0 Å². The van der Waals surface area contributed by atoms with Gasteiger partial charge >= 0.3 is 0 Å². The Balaban J connectivity index is 2.03. The molecule has 2 aliphatic rings. The van der Waals surface area contributed by atoms with Crippen molar-refractivity contribution in [2.24, 2.45) is 11.1 Å². The van der Waals surface area contributed by atoms with Crippen LogP contribution in [-0.4, -0.2) is 42.1 Å². The van der Waals surface area contributed by atoms with E-state index >= 15 is 0 Å². The van der Waals surface area contributed by atoms with E-state index in [0.717, 1.165) is 32.4 Å². The second kappa shape index (κ2) is 4.06. The minimum atomic E-state index is -0.500. The first-order valence-corrected chi connectivity index (χ1v) is 5.75. The standard InChI is InChI=1S/C10H16N2O2S/c11-8(15)10(2-3-10)9(13)12-4-1-6-14-7-5-12/h1-7H2,(H2,11,15).